The Bertz CT molecular complexity index is 487. The Morgan fingerprint density at radius 1 is 1.27 bits per heavy atom. The molecular formula is C10H8F3NO. The first kappa shape index (κ1) is 9.89. The van der Waals surface area contributed by atoms with E-state index in [-0.39, 0.29) is 5.75 Å². The third-order valence-corrected chi connectivity index (χ3v) is 2.09. The van der Waals surface area contributed by atoms with Crippen molar-refractivity contribution >= 4 is 10.9 Å². The number of halogens is 3. The minimum atomic E-state index is -4.64. The van der Waals surface area contributed by atoms with E-state index < -0.39 is 6.36 Å². The van der Waals surface area contributed by atoms with Gasteiger partial charge in [-0.2, -0.15) is 0 Å². The van der Waals surface area contributed by atoms with Crippen molar-refractivity contribution in [2.75, 3.05) is 0 Å². The summed E-state index contributed by atoms with van der Waals surface area (Å²) in [5, 5.41) is 0.733. The summed E-state index contributed by atoms with van der Waals surface area (Å²) in [5.74, 6) is -0.197. The highest BCUT2D eigenvalue weighted by atomic mass is 19.4. The molecule has 1 aromatic carbocycles. The van der Waals surface area contributed by atoms with Crippen LogP contribution >= 0.6 is 0 Å². The topological polar surface area (TPSA) is 25.0 Å². The van der Waals surface area contributed by atoms with Crippen molar-refractivity contribution in [3.05, 3.63) is 30.0 Å². The molecule has 0 aliphatic heterocycles. The highest BCUT2D eigenvalue weighted by molar-refractivity contribution is 5.84. The van der Waals surface area contributed by atoms with Gasteiger partial charge in [-0.25, -0.2) is 0 Å². The Balaban J connectivity index is 2.42. The second-order valence-corrected chi connectivity index (χ2v) is 3.23. The van der Waals surface area contributed by atoms with Crippen LogP contribution in [0.5, 0.6) is 5.75 Å². The molecule has 0 amide bonds. The maximum atomic E-state index is 11.9. The zero-order valence-electron chi connectivity index (χ0n) is 7.85. The summed E-state index contributed by atoms with van der Waals surface area (Å²) in [6.07, 6.45) is -2.90. The fraction of sp³-hybridized carbons (Fsp3) is 0.200. The van der Waals surface area contributed by atoms with Crippen molar-refractivity contribution in [1.82, 2.24) is 4.98 Å². The van der Waals surface area contributed by atoms with E-state index in [1.165, 1.54) is 12.1 Å². The van der Waals surface area contributed by atoms with E-state index in [0.29, 0.717) is 0 Å². The Morgan fingerprint density at radius 3 is 2.67 bits per heavy atom. The molecule has 0 bridgehead atoms. The van der Waals surface area contributed by atoms with Gasteiger partial charge < -0.3 is 9.72 Å². The molecule has 2 aromatic rings. The molecule has 80 valence electrons. The number of aromatic amines is 1. The Hall–Kier alpha value is -1.65. The Morgan fingerprint density at radius 2 is 2.00 bits per heavy atom. The fourth-order valence-electron chi connectivity index (χ4n) is 1.44. The standard InChI is InChI=1S/C10H8F3NO/c1-6-5-14-9-3-2-7(4-8(6)9)15-10(11,12)13/h2-5,14H,1H3. The maximum absolute atomic E-state index is 11.9. The summed E-state index contributed by atoms with van der Waals surface area (Å²) >= 11 is 0. The maximum Gasteiger partial charge on any atom is 0.573 e. The molecule has 0 atom stereocenters. The van der Waals surface area contributed by atoms with Crippen LogP contribution in [-0.2, 0) is 0 Å². The number of aromatic nitrogens is 1. The second kappa shape index (κ2) is 3.18. The largest absolute Gasteiger partial charge is 0.573 e. The first-order chi connectivity index (χ1) is 6.96. The van der Waals surface area contributed by atoms with E-state index in [2.05, 4.69) is 9.72 Å². The lowest BCUT2D eigenvalue weighted by molar-refractivity contribution is -0.274. The molecule has 0 spiro atoms. The summed E-state index contributed by atoms with van der Waals surface area (Å²) in [4.78, 5) is 2.94. The lowest BCUT2D eigenvalue weighted by atomic mass is 10.2. The van der Waals surface area contributed by atoms with Gasteiger partial charge in [-0.15, -0.1) is 13.2 Å². The number of H-pyrrole nitrogens is 1. The van der Waals surface area contributed by atoms with Gasteiger partial charge in [0.15, 0.2) is 0 Å². The van der Waals surface area contributed by atoms with Crippen LogP contribution in [0.15, 0.2) is 24.4 Å². The molecule has 15 heavy (non-hydrogen) atoms. The number of ether oxygens (including phenoxy) is 1. The SMILES string of the molecule is Cc1c[nH]c2ccc(OC(F)(F)F)cc12. The van der Waals surface area contributed by atoms with Gasteiger partial charge in [-0.3, -0.25) is 0 Å². The second-order valence-electron chi connectivity index (χ2n) is 3.23. The predicted octanol–water partition coefficient (Wildman–Crippen LogP) is 3.37. The molecule has 0 radical (unpaired) electrons. The van der Waals surface area contributed by atoms with Gasteiger partial charge in [0.2, 0.25) is 0 Å². The van der Waals surface area contributed by atoms with Gasteiger partial charge in [-0.05, 0) is 30.7 Å². The molecule has 0 saturated heterocycles. The van der Waals surface area contributed by atoms with Gasteiger partial charge in [0.05, 0.1) is 0 Å². The Labute approximate surface area is 83.7 Å². The molecule has 0 unspecified atom stereocenters. The third kappa shape index (κ3) is 2.06. The summed E-state index contributed by atoms with van der Waals surface area (Å²) in [5.41, 5.74) is 1.68. The molecule has 2 nitrogen and oxygen atoms in total. The summed E-state index contributed by atoms with van der Waals surface area (Å²) in [7, 11) is 0. The highest BCUT2D eigenvalue weighted by Gasteiger charge is 2.31. The lowest BCUT2D eigenvalue weighted by Gasteiger charge is -2.08. The van der Waals surface area contributed by atoms with E-state index in [4.69, 9.17) is 0 Å². The van der Waals surface area contributed by atoms with Crippen LogP contribution in [0.4, 0.5) is 13.2 Å². The van der Waals surface area contributed by atoms with Crippen LogP contribution < -0.4 is 4.74 Å². The first-order valence-electron chi connectivity index (χ1n) is 4.29. The zero-order valence-corrected chi connectivity index (χ0v) is 7.85. The molecular weight excluding hydrogens is 207 g/mol. The van der Waals surface area contributed by atoms with Crippen LogP contribution in [0.25, 0.3) is 10.9 Å². The van der Waals surface area contributed by atoms with Gasteiger partial charge in [0.25, 0.3) is 0 Å². The van der Waals surface area contributed by atoms with E-state index in [1.807, 2.05) is 6.92 Å². The highest BCUT2D eigenvalue weighted by Crippen LogP contribution is 2.27. The predicted molar refractivity (Wildman–Crippen MR) is 49.7 cm³/mol. The number of fused-ring (bicyclic) bond motifs is 1. The number of benzene rings is 1. The molecule has 1 N–H and O–H groups in total. The Kier molecular flexibility index (Phi) is 2.10. The number of aryl methyl sites for hydroxylation is 1. The van der Waals surface area contributed by atoms with Gasteiger partial charge in [0.1, 0.15) is 5.75 Å². The van der Waals surface area contributed by atoms with Crippen LogP contribution in [0, 0.1) is 6.92 Å². The van der Waals surface area contributed by atoms with Gasteiger partial charge >= 0.3 is 6.36 Å². The molecule has 0 saturated carbocycles. The third-order valence-electron chi connectivity index (χ3n) is 2.09. The number of nitrogens with one attached hydrogen (secondary N) is 1. The van der Waals surface area contributed by atoms with Crippen molar-refractivity contribution in [3.8, 4) is 5.75 Å². The zero-order chi connectivity index (χ0) is 11.1. The molecule has 0 fully saturated rings. The van der Waals surface area contributed by atoms with E-state index >= 15 is 0 Å². The molecule has 5 heteroatoms. The number of alkyl halides is 3. The van der Waals surface area contributed by atoms with Crippen LogP contribution in [0.3, 0.4) is 0 Å². The van der Waals surface area contributed by atoms with Crippen molar-refractivity contribution in [1.29, 1.82) is 0 Å². The number of hydrogen-bond donors (Lipinski definition) is 1. The lowest BCUT2D eigenvalue weighted by Crippen LogP contribution is -2.16. The fourth-order valence-corrected chi connectivity index (χ4v) is 1.44. The average molecular weight is 215 g/mol. The quantitative estimate of drug-likeness (QED) is 0.775. The molecule has 0 aliphatic rings. The number of hydrogen-bond acceptors (Lipinski definition) is 1. The molecule has 0 aliphatic carbocycles. The molecule has 1 aromatic heterocycles. The normalized spacial score (nSPS) is 12.0. The van der Waals surface area contributed by atoms with Crippen molar-refractivity contribution in [3.63, 3.8) is 0 Å². The molecule has 1 heterocycles. The van der Waals surface area contributed by atoms with E-state index in [9.17, 15) is 13.2 Å². The van der Waals surface area contributed by atoms with Crippen molar-refractivity contribution < 1.29 is 17.9 Å². The van der Waals surface area contributed by atoms with Gasteiger partial charge in [0, 0.05) is 17.1 Å². The smallest absolute Gasteiger partial charge is 0.406 e. The van der Waals surface area contributed by atoms with Crippen molar-refractivity contribution in [2.45, 2.75) is 13.3 Å². The van der Waals surface area contributed by atoms with Crippen LogP contribution in [0.2, 0.25) is 0 Å². The minimum absolute atomic E-state index is 0.197. The number of rotatable bonds is 1. The first-order valence-corrected chi connectivity index (χ1v) is 4.29. The van der Waals surface area contributed by atoms with Crippen molar-refractivity contribution in [2.24, 2.45) is 0 Å². The minimum Gasteiger partial charge on any atom is -0.406 e. The average Bonchev–Trinajstić information content (AvgIpc) is 2.45. The van der Waals surface area contributed by atoms with E-state index in [1.54, 1.807) is 12.3 Å². The van der Waals surface area contributed by atoms with Gasteiger partial charge in [-0.1, -0.05) is 0 Å². The summed E-state index contributed by atoms with van der Waals surface area (Å²) in [6, 6.07) is 4.21. The summed E-state index contributed by atoms with van der Waals surface area (Å²) < 4.78 is 39.6. The van der Waals surface area contributed by atoms with Crippen LogP contribution in [-0.4, -0.2) is 11.3 Å². The van der Waals surface area contributed by atoms with E-state index in [0.717, 1.165) is 16.5 Å². The monoisotopic (exact) mass is 215 g/mol. The summed E-state index contributed by atoms with van der Waals surface area (Å²) in [6.45, 7) is 1.82. The molecule has 2 rings (SSSR count). The van der Waals surface area contributed by atoms with Crippen LogP contribution in [0.1, 0.15) is 5.56 Å².